The fourth-order valence-corrected chi connectivity index (χ4v) is 3.67. The summed E-state index contributed by atoms with van der Waals surface area (Å²) in [6, 6.07) is -1.99. The third-order valence-electron chi connectivity index (χ3n) is 5.33. The SMILES string of the molecule is NC(=O)C(CC1CCNC1=O)NC(=O)C(CC1CCC(F)(F)CC1)NC=O. The van der Waals surface area contributed by atoms with Gasteiger partial charge in [0.2, 0.25) is 30.1 Å². The van der Waals surface area contributed by atoms with Crippen LogP contribution >= 0.6 is 0 Å². The summed E-state index contributed by atoms with van der Waals surface area (Å²) in [4.78, 5) is 46.7. The van der Waals surface area contributed by atoms with Crippen molar-refractivity contribution in [3.05, 3.63) is 0 Å². The third-order valence-corrected chi connectivity index (χ3v) is 5.33. The number of carbonyl (C=O) groups excluding carboxylic acids is 4. The highest BCUT2D eigenvalue weighted by Gasteiger charge is 2.37. The lowest BCUT2D eigenvalue weighted by atomic mass is 9.82. The molecular formula is C17H26F2N4O4. The number of amides is 4. The van der Waals surface area contributed by atoms with Crippen molar-refractivity contribution >= 4 is 24.1 Å². The summed E-state index contributed by atoms with van der Waals surface area (Å²) >= 11 is 0. The van der Waals surface area contributed by atoms with Crippen LogP contribution in [0.1, 0.15) is 44.9 Å². The number of nitrogens with one attached hydrogen (secondary N) is 3. The van der Waals surface area contributed by atoms with E-state index in [2.05, 4.69) is 16.0 Å². The van der Waals surface area contributed by atoms with Crippen molar-refractivity contribution in [3.8, 4) is 0 Å². The van der Waals surface area contributed by atoms with Crippen LogP contribution in [-0.2, 0) is 19.2 Å². The summed E-state index contributed by atoms with van der Waals surface area (Å²) in [5.74, 6) is -4.79. The molecule has 4 amide bonds. The molecule has 5 N–H and O–H groups in total. The molecule has 0 aromatic carbocycles. The quantitative estimate of drug-likeness (QED) is 0.408. The Morgan fingerprint density at radius 1 is 1.22 bits per heavy atom. The zero-order valence-electron chi connectivity index (χ0n) is 15.0. The van der Waals surface area contributed by atoms with Crippen molar-refractivity contribution < 1.29 is 28.0 Å². The fraction of sp³-hybridized carbons (Fsp3) is 0.765. The fourth-order valence-electron chi connectivity index (χ4n) is 3.67. The van der Waals surface area contributed by atoms with Gasteiger partial charge in [-0.25, -0.2) is 8.78 Å². The van der Waals surface area contributed by atoms with Crippen LogP contribution in [-0.4, -0.2) is 48.7 Å². The van der Waals surface area contributed by atoms with Gasteiger partial charge in [-0.1, -0.05) is 0 Å². The Kier molecular flexibility index (Phi) is 7.09. The molecule has 2 aliphatic rings. The molecule has 1 heterocycles. The van der Waals surface area contributed by atoms with Gasteiger partial charge in [0, 0.05) is 25.3 Å². The van der Waals surface area contributed by atoms with Crippen molar-refractivity contribution in [1.29, 1.82) is 0 Å². The highest BCUT2D eigenvalue weighted by molar-refractivity contribution is 5.90. The Morgan fingerprint density at radius 3 is 2.41 bits per heavy atom. The maximum atomic E-state index is 13.3. The summed E-state index contributed by atoms with van der Waals surface area (Å²) in [6.45, 7) is 0.505. The van der Waals surface area contributed by atoms with Crippen molar-refractivity contribution in [1.82, 2.24) is 16.0 Å². The summed E-state index contributed by atoms with van der Waals surface area (Å²) in [5.41, 5.74) is 5.34. The van der Waals surface area contributed by atoms with E-state index in [1.54, 1.807) is 0 Å². The third kappa shape index (κ3) is 6.14. The van der Waals surface area contributed by atoms with Crippen LogP contribution in [0.15, 0.2) is 0 Å². The van der Waals surface area contributed by atoms with Crippen LogP contribution < -0.4 is 21.7 Å². The van der Waals surface area contributed by atoms with Gasteiger partial charge < -0.3 is 21.7 Å². The van der Waals surface area contributed by atoms with Crippen LogP contribution in [0, 0.1) is 11.8 Å². The van der Waals surface area contributed by atoms with Crippen LogP contribution in [0.2, 0.25) is 0 Å². The van der Waals surface area contributed by atoms with Gasteiger partial charge in [-0.05, 0) is 38.0 Å². The molecule has 3 atom stereocenters. The lowest BCUT2D eigenvalue weighted by molar-refractivity contribution is -0.131. The molecule has 27 heavy (non-hydrogen) atoms. The molecule has 0 radical (unpaired) electrons. The Bertz CT molecular complexity index is 577. The van der Waals surface area contributed by atoms with Gasteiger partial charge in [0.15, 0.2) is 0 Å². The zero-order chi connectivity index (χ0) is 20.0. The van der Waals surface area contributed by atoms with Gasteiger partial charge in [-0.15, -0.1) is 0 Å². The largest absolute Gasteiger partial charge is 0.368 e. The van der Waals surface area contributed by atoms with E-state index in [9.17, 15) is 28.0 Å². The molecular weight excluding hydrogens is 362 g/mol. The van der Waals surface area contributed by atoms with Crippen molar-refractivity contribution in [3.63, 3.8) is 0 Å². The molecule has 0 aromatic rings. The van der Waals surface area contributed by atoms with Crippen LogP contribution in [0.4, 0.5) is 8.78 Å². The molecule has 1 saturated carbocycles. The Hall–Kier alpha value is -2.26. The number of hydrogen-bond donors (Lipinski definition) is 4. The van der Waals surface area contributed by atoms with Crippen molar-refractivity contribution in [2.75, 3.05) is 6.54 Å². The van der Waals surface area contributed by atoms with Gasteiger partial charge in [0.05, 0.1) is 0 Å². The van der Waals surface area contributed by atoms with Gasteiger partial charge >= 0.3 is 0 Å². The second-order valence-corrected chi connectivity index (χ2v) is 7.35. The summed E-state index contributed by atoms with van der Waals surface area (Å²) < 4.78 is 26.5. The molecule has 2 fully saturated rings. The molecule has 3 unspecified atom stereocenters. The number of hydrogen-bond acceptors (Lipinski definition) is 4. The highest BCUT2D eigenvalue weighted by atomic mass is 19.3. The van der Waals surface area contributed by atoms with E-state index in [1.165, 1.54) is 0 Å². The summed E-state index contributed by atoms with van der Waals surface area (Å²) in [7, 11) is 0. The van der Waals surface area contributed by atoms with E-state index < -0.39 is 35.7 Å². The molecule has 8 nitrogen and oxygen atoms in total. The van der Waals surface area contributed by atoms with E-state index >= 15 is 0 Å². The molecule has 0 aromatic heterocycles. The van der Waals surface area contributed by atoms with Crippen LogP contribution in [0.3, 0.4) is 0 Å². The average molecular weight is 388 g/mol. The summed E-state index contributed by atoms with van der Waals surface area (Å²) in [5, 5.41) is 7.52. The minimum Gasteiger partial charge on any atom is -0.368 e. The molecule has 1 aliphatic carbocycles. The predicted octanol–water partition coefficient (Wildman–Crippen LogP) is -0.187. The van der Waals surface area contributed by atoms with E-state index in [-0.39, 0.29) is 50.4 Å². The second-order valence-electron chi connectivity index (χ2n) is 7.35. The Labute approximate surface area is 156 Å². The Morgan fingerprint density at radius 2 is 1.89 bits per heavy atom. The molecule has 2 rings (SSSR count). The molecule has 1 saturated heterocycles. The Balaban J connectivity index is 1.94. The average Bonchev–Trinajstić information content (AvgIpc) is 3.00. The van der Waals surface area contributed by atoms with Gasteiger partial charge in [-0.2, -0.15) is 0 Å². The number of nitrogens with two attached hydrogens (primary N) is 1. The lowest BCUT2D eigenvalue weighted by Crippen LogP contribution is -2.53. The first-order valence-electron chi connectivity index (χ1n) is 9.17. The van der Waals surface area contributed by atoms with Crippen molar-refractivity contribution in [2.24, 2.45) is 17.6 Å². The molecule has 0 spiro atoms. The maximum Gasteiger partial charge on any atom is 0.248 e. The first kappa shape index (κ1) is 21.0. The number of primary amides is 1. The van der Waals surface area contributed by atoms with Crippen LogP contribution in [0.25, 0.3) is 0 Å². The topological polar surface area (TPSA) is 130 Å². The smallest absolute Gasteiger partial charge is 0.248 e. The van der Waals surface area contributed by atoms with Gasteiger partial charge in [0.25, 0.3) is 0 Å². The number of carbonyl (C=O) groups is 4. The van der Waals surface area contributed by atoms with E-state index in [4.69, 9.17) is 5.73 Å². The van der Waals surface area contributed by atoms with E-state index in [0.717, 1.165) is 0 Å². The van der Waals surface area contributed by atoms with Crippen molar-refractivity contribution in [2.45, 2.75) is 63.0 Å². The molecule has 152 valence electrons. The van der Waals surface area contributed by atoms with E-state index in [1.807, 2.05) is 0 Å². The van der Waals surface area contributed by atoms with Crippen LogP contribution in [0.5, 0.6) is 0 Å². The monoisotopic (exact) mass is 388 g/mol. The number of alkyl halides is 2. The standard InChI is InChI=1S/C17H26F2N4O4/c18-17(19)4-1-10(2-5-17)7-13(22-9-24)16(27)23-12(14(20)25)8-11-3-6-21-15(11)26/h9-13H,1-8H2,(H2,20,25)(H,21,26)(H,22,24)(H,23,27). The van der Waals surface area contributed by atoms with E-state index in [0.29, 0.717) is 19.4 Å². The van der Waals surface area contributed by atoms with Gasteiger partial charge in [-0.3, -0.25) is 19.2 Å². The number of rotatable bonds is 9. The second kappa shape index (κ2) is 9.09. The molecule has 10 heteroatoms. The van der Waals surface area contributed by atoms with Gasteiger partial charge in [0.1, 0.15) is 12.1 Å². The first-order valence-corrected chi connectivity index (χ1v) is 9.17. The molecule has 0 bridgehead atoms. The minimum absolute atomic E-state index is 0.0797. The maximum absolute atomic E-state index is 13.3. The number of halogens is 2. The predicted molar refractivity (Wildman–Crippen MR) is 91.4 cm³/mol. The normalized spacial score (nSPS) is 24.5. The zero-order valence-corrected chi connectivity index (χ0v) is 15.0. The first-order chi connectivity index (χ1) is 12.7. The highest BCUT2D eigenvalue weighted by Crippen LogP contribution is 2.37. The molecule has 1 aliphatic heterocycles. The summed E-state index contributed by atoms with van der Waals surface area (Å²) in [6.07, 6.45) is 1.24. The lowest BCUT2D eigenvalue weighted by Gasteiger charge is -2.30. The minimum atomic E-state index is -2.68.